The number of hydrogen-bond acceptors (Lipinski definition) is 5. The van der Waals surface area contributed by atoms with E-state index in [0.29, 0.717) is 17.1 Å². The average molecular weight is 798 g/mol. The minimum absolute atomic E-state index is 0. The summed E-state index contributed by atoms with van der Waals surface area (Å²) in [6.07, 6.45) is 0. The number of phenolic OH excluding ortho intramolecular Hbond substituents is 1. The van der Waals surface area contributed by atoms with Gasteiger partial charge in [-0.25, -0.2) is 4.98 Å². The van der Waals surface area contributed by atoms with E-state index in [-0.39, 0.29) is 38.8 Å². The van der Waals surface area contributed by atoms with Crippen molar-refractivity contribution in [1.29, 1.82) is 0 Å². The molecule has 5 aromatic carbocycles. The standard InChI is InChI=1S/C41H36N3O2.Pt/c1-26-23-27(2)29(4)40(28(26)3)44-25-35(38(30-13-7-5-8-14-30)31-15-9-6-10-16-31)42-41(44)33-18-11-19-34(24-33)46-37-22-21-32-17-12-20-36(45)39(32)43-37;/h5-23,35,38,45H,25H2,1-4H3;/q-1;/t35-;/m1./s1. The summed E-state index contributed by atoms with van der Waals surface area (Å²) < 4.78 is 6.23. The number of pyridine rings is 1. The minimum atomic E-state index is -0.0393. The number of aryl methyl sites for hydroxylation is 2. The number of anilines is 1. The number of fused-ring (bicyclic) bond motifs is 1. The molecule has 0 amide bonds. The van der Waals surface area contributed by atoms with Crippen LogP contribution in [-0.2, 0) is 21.1 Å². The molecule has 0 saturated heterocycles. The van der Waals surface area contributed by atoms with E-state index in [0.717, 1.165) is 23.3 Å². The van der Waals surface area contributed by atoms with Crippen molar-refractivity contribution >= 4 is 22.4 Å². The molecule has 1 atom stereocenters. The summed E-state index contributed by atoms with van der Waals surface area (Å²) in [7, 11) is 0. The number of aromatic nitrogens is 1. The summed E-state index contributed by atoms with van der Waals surface area (Å²) in [6.45, 7) is 9.50. The van der Waals surface area contributed by atoms with Crippen molar-refractivity contribution in [1.82, 2.24) is 4.98 Å². The molecule has 47 heavy (non-hydrogen) atoms. The van der Waals surface area contributed by atoms with Gasteiger partial charge in [-0.2, -0.15) is 0 Å². The first-order valence-electron chi connectivity index (χ1n) is 15.7. The molecule has 1 aliphatic rings. The molecule has 0 unspecified atom stereocenters. The molecule has 6 heteroatoms. The van der Waals surface area contributed by atoms with Crippen LogP contribution in [0.15, 0.2) is 120 Å². The predicted octanol–water partition coefficient (Wildman–Crippen LogP) is 9.23. The van der Waals surface area contributed by atoms with Crippen LogP contribution in [0.5, 0.6) is 17.4 Å². The molecule has 1 aliphatic heterocycles. The monoisotopic (exact) mass is 797 g/mol. The maximum Gasteiger partial charge on any atom is 0.217 e. The quantitative estimate of drug-likeness (QED) is 0.164. The first-order valence-corrected chi connectivity index (χ1v) is 15.7. The van der Waals surface area contributed by atoms with Crippen molar-refractivity contribution in [3.05, 3.63) is 160 Å². The maximum atomic E-state index is 10.4. The van der Waals surface area contributed by atoms with Crippen molar-refractivity contribution < 1.29 is 30.9 Å². The van der Waals surface area contributed by atoms with E-state index in [4.69, 9.17) is 9.73 Å². The van der Waals surface area contributed by atoms with Gasteiger partial charge in [0.15, 0.2) is 0 Å². The largest absolute Gasteiger partial charge is 0.506 e. The van der Waals surface area contributed by atoms with E-state index in [2.05, 4.69) is 110 Å². The Morgan fingerprint density at radius 3 is 2.06 bits per heavy atom. The van der Waals surface area contributed by atoms with Crippen LogP contribution in [0.4, 0.5) is 5.69 Å². The molecule has 7 rings (SSSR count). The van der Waals surface area contributed by atoms with Crippen molar-refractivity contribution in [2.75, 3.05) is 11.4 Å². The molecular weight excluding hydrogens is 762 g/mol. The molecule has 0 saturated carbocycles. The van der Waals surface area contributed by atoms with Gasteiger partial charge in [0.1, 0.15) is 11.3 Å². The van der Waals surface area contributed by atoms with Crippen LogP contribution in [0.3, 0.4) is 0 Å². The van der Waals surface area contributed by atoms with Gasteiger partial charge < -0.3 is 19.7 Å². The molecule has 238 valence electrons. The predicted molar refractivity (Wildman–Crippen MR) is 187 cm³/mol. The Kier molecular flexibility index (Phi) is 9.29. The third-order valence-corrected chi connectivity index (χ3v) is 9.11. The van der Waals surface area contributed by atoms with Crippen molar-refractivity contribution in [2.24, 2.45) is 4.99 Å². The second-order valence-corrected chi connectivity index (χ2v) is 12.1. The van der Waals surface area contributed by atoms with E-state index in [1.54, 1.807) is 12.1 Å². The van der Waals surface area contributed by atoms with Crippen LogP contribution in [0.1, 0.15) is 44.9 Å². The van der Waals surface area contributed by atoms with E-state index in [1.807, 2.05) is 36.4 Å². The Morgan fingerprint density at radius 2 is 1.40 bits per heavy atom. The fraction of sp³-hybridized carbons (Fsp3) is 0.171. The number of aliphatic imine (C=N–C) groups is 1. The van der Waals surface area contributed by atoms with Gasteiger partial charge >= 0.3 is 0 Å². The third-order valence-electron chi connectivity index (χ3n) is 9.11. The normalized spacial score (nSPS) is 14.3. The summed E-state index contributed by atoms with van der Waals surface area (Å²) in [6, 6.07) is 42.1. The molecule has 0 spiro atoms. The molecular formula is C41H36N3O2Pt-. The van der Waals surface area contributed by atoms with Gasteiger partial charge in [0.2, 0.25) is 5.88 Å². The second-order valence-electron chi connectivity index (χ2n) is 12.1. The zero-order valence-corrected chi connectivity index (χ0v) is 29.1. The molecule has 5 nitrogen and oxygen atoms in total. The summed E-state index contributed by atoms with van der Waals surface area (Å²) in [5.74, 6) is 1.98. The third kappa shape index (κ3) is 6.33. The number of hydrogen-bond donors (Lipinski definition) is 1. The van der Waals surface area contributed by atoms with Crippen molar-refractivity contribution in [3.8, 4) is 17.4 Å². The van der Waals surface area contributed by atoms with Crippen molar-refractivity contribution in [3.63, 3.8) is 0 Å². The zero-order valence-electron chi connectivity index (χ0n) is 26.8. The van der Waals surface area contributed by atoms with Crippen LogP contribution in [0, 0.1) is 33.8 Å². The number of benzene rings is 5. The van der Waals surface area contributed by atoms with Crippen LogP contribution >= 0.6 is 0 Å². The van der Waals surface area contributed by atoms with Gasteiger partial charge in [-0.3, -0.25) is 0 Å². The zero-order chi connectivity index (χ0) is 31.8. The van der Waals surface area contributed by atoms with E-state index in [9.17, 15) is 5.11 Å². The SMILES string of the molecule is Cc1cc(C)c(C)c(N2C[C@H](C(c3ccccc3)c3ccccc3)N=C2c2[c-]c(Oc3ccc4cccc(O)c4n3)ccc2)c1C.[Pt]. The van der Waals surface area contributed by atoms with Gasteiger partial charge in [0.05, 0.1) is 11.9 Å². The molecule has 2 heterocycles. The molecule has 1 N–H and O–H groups in total. The second kappa shape index (κ2) is 13.6. The van der Waals surface area contributed by atoms with Gasteiger partial charge in [-0.1, -0.05) is 84.9 Å². The fourth-order valence-electron chi connectivity index (χ4n) is 6.61. The Morgan fingerprint density at radius 1 is 0.766 bits per heavy atom. The summed E-state index contributed by atoms with van der Waals surface area (Å²) in [5, 5.41) is 11.2. The van der Waals surface area contributed by atoms with E-state index < -0.39 is 0 Å². The molecule has 6 aromatic rings. The summed E-state index contributed by atoms with van der Waals surface area (Å²) in [5.41, 5.74) is 10.0. The number of nitrogens with zero attached hydrogens (tertiary/aromatic N) is 3. The fourth-order valence-corrected chi connectivity index (χ4v) is 6.61. The van der Waals surface area contributed by atoms with Gasteiger partial charge in [-0.15, -0.1) is 23.8 Å². The van der Waals surface area contributed by atoms with Gasteiger partial charge in [0.25, 0.3) is 0 Å². The minimum Gasteiger partial charge on any atom is -0.506 e. The Hall–Kier alpha value is -4.73. The van der Waals surface area contributed by atoms with Crippen LogP contribution < -0.4 is 9.64 Å². The molecule has 0 radical (unpaired) electrons. The number of amidine groups is 1. The number of rotatable bonds is 7. The Bertz CT molecular complexity index is 2010. The summed E-state index contributed by atoms with van der Waals surface area (Å²) >= 11 is 0. The van der Waals surface area contributed by atoms with Crippen LogP contribution in [-0.4, -0.2) is 28.5 Å². The topological polar surface area (TPSA) is 58.0 Å². The van der Waals surface area contributed by atoms with Gasteiger partial charge in [-0.05, 0) is 73.2 Å². The Balaban J connectivity index is 0.00000386. The van der Waals surface area contributed by atoms with Crippen LogP contribution in [0.25, 0.3) is 10.9 Å². The maximum absolute atomic E-state index is 10.4. The van der Waals surface area contributed by atoms with Gasteiger partial charge in [0, 0.05) is 56.4 Å². The van der Waals surface area contributed by atoms with E-state index in [1.165, 1.54) is 39.1 Å². The number of para-hydroxylation sites is 1. The summed E-state index contributed by atoms with van der Waals surface area (Å²) in [4.78, 5) is 12.5. The van der Waals surface area contributed by atoms with Crippen molar-refractivity contribution in [2.45, 2.75) is 39.7 Å². The van der Waals surface area contributed by atoms with Crippen LogP contribution in [0.2, 0.25) is 0 Å². The first-order chi connectivity index (χ1) is 22.4. The molecule has 0 aliphatic carbocycles. The Labute approximate surface area is 290 Å². The molecule has 1 aromatic heterocycles. The smallest absolute Gasteiger partial charge is 0.217 e. The average Bonchev–Trinajstić information content (AvgIpc) is 3.50. The number of phenols is 1. The first kappa shape index (κ1) is 32.2. The molecule has 0 fully saturated rings. The molecule has 0 bridgehead atoms. The number of ether oxygens (including phenoxy) is 1. The van der Waals surface area contributed by atoms with E-state index >= 15 is 0 Å². The number of aromatic hydroxyl groups is 1.